The number of para-hydroxylation sites is 1. The van der Waals surface area contributed by atoms with Crippen molar-refractivity contribution in [2.45, 2.75) is 12.8 Å². The summed E-state index contributed by atoms with van der Waals surface area (Å²) in [5.41, 5.74) is 1.70. The van der Waals surface area contributed by atoms with Gasteiger partial charge in [0.25, 0.3) is 0 Å². The highest BCUT2D eigenvalue weighted by molar-refractivity contribution is 5.90. The Kier molecular flexibility index (Phi) is 4.86. The summed E-state index contributed by atoms with van der Waals surface area (Å²) in [6, 6.07) is 12.8. The minimum absolute atomic E-state index is 0.0595. The van der Waals surface area contributed by atoms with E-state index in [2.05, 4.69) is 15.4 Å². The number of rotatable bonds is 6. The van der Waals surface area contributed by atoms with Crippen molar-refractivity contribution in [1.29, 1.82) is 0 Å². The molecule has 0 aliphatic carbocycles. The van der Waals surface area contributed by atoms with E-state index in [4.69, 9.17) is 4.74 Å². The largest absolute Gasteiger partial charge is 0.439 e. The maximum atomic E-state index is 12.1. The second-order valence-electron chi connectivity index (χ2n) is 5.37. The molecule has 0 saturated heterocycles. The molecular weight excluding hydrogens is 304 g/mol. The van der Waals surface area contributed by atoms with E-state index in [0.717, 1.165) is 5.56 Å². The van der Waals surface area contributed by atoms with Crippen LogP contribution in [0.2, 0.25) is 0 Å². The fourth-order valence-electron chi connectivity index (χ4n) is 2.23. The molecule has 0 fully saturated rings. The second kappa shape index (κ2) is 7.41. The Hall–Kier alpha value is -3.15. The summed E-state index contributed by atoms with van der Waals surface area (Å²) in [7, 11) is 1.86. The molecular formula is C18H18N4O2. The van der Waals surface area contributed by atoms with Gasteiger partial charge in [-0.05, 0) is 30.2 Å². The minimum Gasteiger partial charge on any atom is -0.439 e. The number of nitrogens with zero attached hydrogens (tertiary/aromatic N) is 3. The monoisotopic (exact) mass is 322 g/mol. The first-order valence-corrected chi connectivity index (χ1v) is 7.65. The number of ether oxygens (including phenoxy) is 1. The van der Waals surface area contributed by atoms with Crippen molar-refractivity contribution in [3.05, 3.63) is 66.6 Å². The normalized spacial score (nSPS) is 10.4. The van der Waals surface area contributed by atoms with Gasteiger partial charge in [0.15, 0.2) is 0 Å². The first-order valence-electron chi connectivity index (χ1n) is 7.65. The smallest absolute Gasteiger partial charge is 0.224 e. The number of carbonyl (C=O) groups excluding carboxylic acids is 1. The third kappa shape index (κ3) is 4.42. The van der Waals surface area contributed by atoms with Crippen molar-refractivity contribution < 1.29 is 9.53 Å². The highest BCUT2D eigenvalue weighted by Crippen LogP contribution is 2.21. The Balaban J connectivity index is 1.56. The van der Waals surface area contributed by atoms with Gasteiger partial charge in [-0.3, -0.25) is 9.48 Å². The molecule has 2 heterocycles. The molecule has 1 amide bonds. The summed E-state index contributed by atoms with van der Waals surface area (Å²) in [6.07, 6.45) is 6.33. The van der Waals surface area contributed by atoms with Gasteiger partial charge in [0, 0.05) is 37.6 Å². The van der Waals surface area contributed by atoms with Gasteiger partial charge >= 0.3 is 0 Å². The zero-order valence-electron chi connectivity index (χ0n) is 13.3. The Bertz CT molecular complexity index is 815. The van der Waals surface area contributed by atoms with Crippen LogP contribution in [-0.2, 0) is 18.3 Å². The SMILES string of the molecule is Cn1cc(CCC(=O)Nc2ccnc(Oc3ccccc3)c2)cn1. The number of hydrogen-bond acceptors (Lipinski definition) is 4. The van der Waals surface area contributed by atoms with E-state index in [1.54, 1.807) is 29.2 Å². The molecule has 0 atom stereocenters. The van der Waals surface area contributed by atoms with Gasteiger partial charge in [0.05, 0.1) is 6.20 Å². The number of carbonyl (C=O) groups is 1. The summed E-state index contributed by atoms with van der Waals surface area (Å²) in [5, 5.41) is 6.95. The lowest BCUT2D eigenvalue weighted by Gasteiger charge is -2.08. The Morgan fingerprint density at radius 2 is 2.08 bits per heavy atom. The van der Waals surface area contributed by atoms with Crippen LogP contribution in [0, 0.1) is 0 Å². The van der Waals surface area contributed by atoms with E-state index in [-0.39, 0.29) is 5.91 Å². The number of amides is 1. The lowest BCUT2D eigenvalue weighted by atomic mass is 10.2. The Labute approximate surface area is 140 Å². The van der Waals surface area contributed by atoms with E-state index >= 15 is 0 Å². The summed E-state index contributed by atoms with van der Waals surface area (Å²) in [5.74, 6) is 1.08. The van der Waals surface area contributed by atoms with Crippen LogP contribution >= 0.6 is 0 Å². The number of hydrogen-bond donors (Lipinski definition) is 1. The van der Waals surface area contributed by atoms with Gasteiger partial charge in [-0.1, -0.05) is 18.2 Å². The molecule has 0 aliphatic heterocycles. The number of pyridine rings is 1. The third-order valence-electron chi connectivity index (χ3n) is 3.38. The number of nitrogens with one attached hydrogen (secondary N) is 1. The van der Waals surface area contributed by atoms with E-state index in [1.807, 2.05) is 43.6 Å². The van der Waals surface area contributed by atoms with Crippen molar-refractivity contribution in [2.24, 2.45) is 7.05 Å². The summed E-state index contributed by atoms with van der Waals surface area (Å²) < 4.78 is 7.38. The highest BCUT2D eigenvalue weighted by Gasteiger charge is 2.06. The fourth-order valence-corrected chi connectivity index (χ4v) is 2.23. The van der Waals surface area contributed by atoms with Gasteiger partial charge in [-0.15, -0.1) is 0 Å². The predicted molar refractivity (Wildman–Crippen MR) is 90.9 cm³/mol. The molecule has 3 aromatic rings. The third-order valence-corrected chi connectivity index (χ3v) is 3.38. The summed E-state index contributed by atoms with van der Waals surface area (Å²) in [4.78, 5) is 16.2. The molecule has 0 radical (unpaired) electrons. The average Bonchev–Trinajstić information content (AvgIpc) is 3.00. The molecule has 0 unspecified atom stereocenters. The van der Waals surface area contributed by atoms with Gasteiger partial charge in [-0.25, -0.2) is 4.98 Å². The first-order chi connectivity index (χ1) is 11.7. The Morgan fingerprint density at radius 1 is 1.25 bits per heavy atom. The number of aryl methyl sites for hydroxylation is 2. The van der Waals surface area contributed by atoms with Crippen LogP contribution in [0.4, 0.5) is 5.69 Å². The standard InChI is InChI=1S/C18H18N4O2/c1-22-13-14(12-20-22)7-8-17(23)21-15-9-10-19-18(11-15)24-16-5-3-2-4-6-16/h2-6,9-13H,7-8H2,1H3,(H,19,21,23). The molecule has 122 valence electrons. The van der Waals surface area contributed by atoms with Crippen LogP contribution in [0.25, 0.3) is 0 Å². The van der Waals surface area contributed by atoms with Gasteiger partial charge in [0.2, 0.25) is 11.8 Å². The maximum absolute atomic E-state index is 12.1. The van der Waals surface area contributed by atoms with E-state index in [9.17, 15) is 4.79 Å². The quantitative estimate of drug-likeness (QED) is 0.757. The molecule has 0 spiro atoms. The van der Waals surface area contributed by atoms with Crippen LogP contribution in [0.3, 0.4) is 0 Å². The maximum Gasteiger partial charge on any atom is 0.224 e. The zero-order chi connectivity index (χ0) is 16.8. The summed E-state index contributed by atoms with van der Waals surface area (Å²) in [6.45, 7) is 0. The van der Waals surface area contributed by atoms with Crippen molar-refractivity contribution in [2.75, 3.05) is 5.32 Å². The molecule has 6 nitrogen and oxygen atoms in total. The molecule has 3 rings (SSSR count). The molecule has 1 aromatic carbocycles. The lowest BCUT2D eigenvalue weighted by molar-refractivity contribution is -0.116. The average molecular weight is 322 g/mol. The topological polar surface area (TPSA) is 69.0 Å². The number of anilines is 1. The van der Waals surface area contributed by atoms with Crippen molar-refractivity contribution >= 4 is 11.6 Å². The molecule has 0 saturated carbocycles. The van der Waals surface area contributed by atoms with Crippen molar-refractivity contribution in [3.8, 4) is 11.6 Å². The molecule has 0 bridgehead atoms. The second-order valence-corrected chi connectivity index (χ2v) is 5.37. The van der Waals surface area contributed by atoms with Gasteiger partial charge in [0.1, 0.15) is 5.75 Å². The van der Waals surface area contributed by atoms with Gasteiger partial charge in [-0.2, -0.15) is 5.10 Å². The van der Waals surface area contributed by atoms with Crippen LogP contribution in [0.15, 0.2) is 61.1 Å². The highest BCUT2D eigenvalue weighted by atomic mass is 16.5. The zero-order valence-corrected chi connectivity index (χ0v) is 13.3. The fraction of sp³-hybridized carbons (Fsp3) is 0.167. The van der Waals surface area contributed by atoms with Crippen LogP contribution < -0.4 is 10.1 Å². The first kappa shape index (κ1) is 15.7. The van der Waals surface area contributed by atoms with E-state index in [0.29, 0.717) is 30.2 Å². The minimum atomic E-state index is -0.0595. The van der Waals surface area contributed by atoms with Gasteiger partial charge < -0.3 is 10.1 Å². The molecule has 2 aromatic heterocycles. The molecule has 1 N–H and O–H groups in total. The Morgan fingerprint density at radius 3 is 2.83 bits per heavy atom. The van der Waals surface area contributed by atoms with E-state index < -0.39 is 0 Å². The van der Waals surface area contributed by atoms with E-state index in [1.165, 1.54) is 0 Å². The van der Waals surface area contributed by atoms with Crippen LogP contribution in [-0.4, -0.2) is 20.7 Å². The molecule has 24 heavy (non-hydrogen) atoms. The van der Waals surface area contributed by atoms with Crippen molar-refractivity contribution in [3.63, 3.8) is 0 Å². The number of aromatic nitrogens is 3. The molecule has 0 aliphatic rings. The lowest BCUT2D eigenvalue weighted by Crippen LogP contribution is -2.12. The number of benzene rings is 1. The summed E-state index contributed by atoms with van der Waals surface area (Å²) >= 11 is 0. The van der Waals surface area contributed by atoms with Crippen LogP contribution in [0.5, 0.6) is 11.6 Å². The van der Waals surface area contributed by atoms with Crippen molar-refractivity contribution in [1.82, 2.24) is 14.8 Å². The van der Waals surface area contributed by atoms with Crippen LogP contribution in [0.1, 0.15) is 12.0 Å². The molecule has 6 heteroatoms. The predicted octanol–water partition coefficient (Wildman–Crippen LogP) is 3.18.